The number of hydrogen-bond donors (Lipinski definition) is 1. The van der Waals surface area contributed by atoms with E-state index < -0.39 is 10.8 Å². The number of hydrogen-bond acceptors (Lipinski definition) is 7. The van der Waals surface area contributed by atoms with Crippen LogP contribution in [0.5, 0.6) is 5.75 Å². The molecule has 0 bridgehead atoms. The number of carbonyl (C=O) groups is 1. The Bertz CT molecular complexity index is 1030. The van der Waals surface area contributed by atoms with Crippen molar-refractivity contribution in [1.82, 2.24) is 9.78 Å². The number of rotatable bonds is 6. The van der Waals surface area contributed by atoms with Gasteiger partial charge in [-0.15, -0.1) is 0 Å². The van der Waals surface area contributed by atoms with Crippen LogP contribution in [0.25, 0.3) is 0 Å². The number of carbonyl (C=O) groups excluding carboxylic acids is 1. The first-order chi connectivity index (χ1) is 13.0. The third kappa shape index (κ3) is 3.93. The summed E-state index contributed by atoms with van der Waals surface area (Å²) in [5.74, 6) is 0.599. The highest BCUT2D eigenvalue weighted by Crippen LogP contribution is 2.20. The van der Waals surface area contributed by atoms with Crippen molar-refractivity contribution >= 4 is 17.4 Å². The summed E-state index contributed by atoms with van der Waals surface area (Å²) >= 11 is 0. The molecule has 3 rings (SSSR count). The number of furan rings is 1. The molecule has 1 amide bonds. The van der Waals surface area contributed by atoms with Gasteiger partial charge in [-0.05, 0) is 24.3 Å². The number of nitrogens with one attached hydrogen (secondary N) is 1. The molecule has 3 aromatic rings. The maximum atomic E-state index is 12.3. The summed E-state index contributed by atoms with van der Waals surface area (Å²) in [5.41, 5.74) is 0.199. The summed E-state index contributed by atoms with van der Waals surface area (Å²) in [6.45, 7) is 0.0419. The Morgan fingerprint density at radius 2 is 2.11 bits per heavy atom. The number of ether oxygens (including phenoxy) is 1. The molecule has 10 heteroatoms. The third-order valence-corrected chi connectivity index (χ3v) is 3.61. The average molecular weight is 367 g/mol. The Labute approximate surface area is 152 Å². The van der Waals surface area contributed by atoms with Crippen LogP contribution in [0.15, 0.2) is 47.0 Å². The number of benzene rings is 1. The summed E-state index contributed by atoms with van der Waals surface area (Å²) in [4.78, 5) is 22.4. The number of amides is 1. The van der Waals surface area contributed by atoms with E-state index in [0.717, 1.165) is 0 Å². The molecular weight excluding hydrogens is 354 g/mol. The predicted molar refractivity (Wildman–Crippen MR) is 92.0 cm³/mol. The number of nitriles is 1. The van der Waals surface area contributed by atoms with E-state index in [-0.39, 0.29) is 29.4 Å². The van der Waals surface area contributed by atoms with E-state index in [2.05, 4.69) is 10.4 Å². The first kappa shape index (κ1) is 17.7. The molecule has 0 fully saturated rings. The van der Waals surface area contributed by atoms with Gasteiger partial charge >= 0.3 is 0 Å². The van der Waals surface area contributed by atoms with Crippen molar-refractivity contribution in [2.45, 2.75) is 6.61 Å². The highest BCUT2D eigenvalue weighted by molar-refractivity contribution is 6.02. The van der Waals surface area contributed by atoms with E-state index in [1.807, 2.05) is 6.07 Å². The van der Waals surface area contributed by atoms with Crippen molar-refractivity contribution in [3.05, 3.63) is 69.8 Å². The van der Waals surface area contributed by atoms with Gasteiger partial charge in [0.25, 0.3) is 11.6 Å². The largest absolute Gasteiger partial charge is 0.486 e. The molecule has 2 aromatic heterocycles. The lowest BCUT2D eigenvalue weighted by atomic mass is 10.3. The van der Waals surface area contributed by atoms with Crippen LogP contribution >= 0.6 is 0 Å². The van der Waals surface area contributed by atoms with Crippen molar-refractivity contribution in [2.75, 3.05) is 5.32 Å². The van der Waals surface area contributed by atoms with Crippen LogP contribution in [0.1, 0.15) is 21.9 Å². The van der Waals surface area contributed by atoms with Crippen LogP contribution in [-0.4, -0.2) is 20.6 Å². The van der Waals surface area contributed by atoms with Crippen molar-refractivity contribution in [3.8, 4) is 11.8 Å². The van der Waals surface area contributed by atoms with Gasteiger partial charge in [-0.25, -0.2) is 0 Å². The van der Waals surface area contributed by atoms with Crippen molar-refractivity contribution in [1.29, 1.82) is 5.26 Å². The molecule has 0 saturated carbocycles. The number of anilines is 1. The van der Waals surface area contributed by atoms with Gasteiger partial charge in [0.15, 0.2) is 5.76 Å². The van der Waals surface area contributed by atoms with Gasteiger partial charge in [0, 0.05) is 19.2 Å². The first-order valence-corrected chi connectivity index (χ1v) is 7.67. The Hall–Kier alpha value is -4.13. The Balaban J connectivity index is 1.62. The molecule has 10 nitrogen and oxygen atoms in total. The lowest BCUT2D eigenvalue weighted by Crippen LogP contribution is -2.14. The smallest absolute Gasteiger partial charge is 0.292 e. The average Bonchev–Trinajstić information content (AvgIpc) is 3.27. The third-order valence-electron chi connectivity index (χ3n) is 3.61. The Kier molecular flexibility index (Phi) is 4.85. The fourth-order valence-electron chi connectivity index (χ4n) is 2.23. The minimum Gasteiger partial charge on any atom is -0.486 e. The van der Waals surface area contributed by atoms with E-state index in [4.69, 9.17) is 14.4 Å². The minimum atomic E-state index is -0.531. The summed E-state index contributed by atoms with van der Waals surface area (Å²) in [5, 5.41) is 26.1. The van der Waals surface area contributed by atoms with Crippen LogP contribution in [0.4, 0.5) is 11.5 Å². The molecule has 0 aliphatic carbocycles. The number of nitrogens with zero attached hydrogens (tertiary/aromatic N) is 4. The quantitative estimate of drug-likeness (QED) is 0.522. The lowest BCUT2D eigenvalue weighted by Gasteiger charge is -2.05. The van der Waals surface area contributed by atoms with Crippen molar-refractivity contribution < 1.29 is 18.9 Å². The molecule has 27 heavy (non-hydrogen) atoms. The Morgan fingerprint density at radius 3 is 2.78 bits per heavy atom. The van der Waals surface area contributed by atoms with Crippen molar-refractivity contribution in [2.24, 2.45) is 7.05 Å². The standard InChI is InChI=1S/C17H13N5O5/c1-21-16(11(8-18)9-19-21)20-17(23)15-7-6-14(27-15)10-26-13-4-2-12(3-5-13)22(24)25/h2-7,9H,10H2,1H3,(H,20,23). The fourth-order valence-corrected chi connectivity index (χ4v) is 2.23. The highest BCUT2D eigenvalue weighted by Gasteiger charge is 2.16. The van der Waals surface area contributed by atoms with Gasteiger partial charge in [-0.2, -0.15) is 10.4 Å². The van der Waals surface area contributed by atoms with Gasteiger partial charge in [0.2, 0.25) is 0 Å². The number of aryl methyl sites for hydroxylation is 1. The van der Waals surface area contributed by atoms with E-state index >= 15 is 0 Å². The van der Waals surface area contributed by atoms with Gasteiger partial charge in [0.1, 0.15) is 35.6 Å². The second kappa shape index (κ2) is 7.40. The van der Waals surface area contributed by atoms with E-state index in [0.29, 0.717) is 11.5 Å². The zero-order chi connectivity index (χ0) is 19.4. The fraction of sp³-hybridized carbons (Fsp3) is 0.118. The second-order valence-corrected chi connectivity index (χ2v) is 5.40. The summed E-state index contributed by atoms with van der Waals surface area (Å²) < 4.78 is 12.3. The van der Waals surface area contributed by atoms with Crippen LogP contribution in [0.2, 0.25) is 0 Å². The lowest BCUT2D eigenvalue weighted by molar-refractivity contribution is -0.384. The molecule has 1 N–H and O–H groups in total. The molecule has 0 aliphatic heterocycles. The molecule has 0 aliphatic rings. The van der Waals surface area contributed by atoms with Crippen LogP contribution in [0.3, 0.4) is 0 Å². The molecule has 0 saturated heterocycles. The summed E-state index contributed by atoms with van der Waals surface area (Å²) in [6.07, 6.45) is 1.35. The number of aromatic nitrogens is 2. The normalized spacial score (nSPS) is 10.2. The maximum Gasteiger partial charge on any atom is 0.292 e. The van der Waals surface area contributed by atoms with Crippen LogP contribution in [-0.2, 0) is 13.7 Å². The molecular formula is C17H13N5O5. The Morgan fingerprint density at radius 1 is 1.37 bits per heavy atom. The molecule has 0 spiro atoms. The van der Waals surface area contributed by atoms with E-state index in [9.17, 15) is 14.9 Å². The van der Waals surface area contributed by atoms with Crippen molar-refractivity contribution in [3.63, 3.8) is 0 Å². The topological polar surface area (TPSA) is 136 Å². The maximum absolute atomic E-state index is 12.3. The predicted octanol–water partition coefficient (Wildman–Crippen LogP) is 2.62. The zero-order valence-corrected chi connectivity index (χ0v) is 14.1. The monoisotopic (exact) mass is 367 g/mol. The van der Waals surface area contributed by atoms with Gasteiger partial charge in [0.05, 0.1) is 11.1 Å². The number of nitro groups is 1. The van der Waals surface area contributed by atoms with Gasteiger partial charge in [-0.1, -0.05) is 0 Å². The van der Waals surface area contributed by atoms with E-state index in [1.165, 1.54) is 41.2 Å². The first-order valence-electron chi connectivity index (χ1n) is 7.67. The van der Waals surface area contributed by atoms with Gasteiger partial charge < -0.3 is 14.5 Å². The summed E-state index contributed by atoms with van der Waals surface area (Å²) in [6, 6.07) is 10.6. The number of non-ortho nitro benzene ring substituents is 1. The number of nitro benzene ring substituents is 1. The molecule has 0 radical (unpaired) electrons. The summed E-state index contributed by atoms with van der Waals surface area (Å²) in [7, 11) is 1.60. The van der Waals surface area contributed by atoms with E-state index in [1.54, 1.807) is 13.1 Å². The molecule has 0 unspecified atom stereocenters. The van der Waals surface area contributed by atoms with Gasteiger partial charge in [-0.3, -0.25) is 19.6 Å². The minimum absolute atomic E-state index is 0.0359. The molecule has 136 valence electrons. The second-order valence-electron chi connectivity index (χ2n) is 5.40. The molecule has 1 aromatic carbocycles. The van der Waals surface area contributed by atoms with Crippen LogP contribution < -0.4 is 10.1 Å². The highest BCUT2D eigenvalue weighted by atomic mass is 16.6. The SMILES string of the molecule is Cn1ncc(C#N)c1NC(=O)c1ccc(COc2ccc([N+](=O)[O-])cc2)o1. The molecule has 0 atom stereocenters. The molecule has 2 heterocycles. The van der Waals surface area contributed by atoms with Crippen LogP contribution in [0, 0.1) is 21.4 Å². The zero-order valence-electron chi connectivity index (χ0n) is 14.1.